The second kappa shape index (κ2) is 5.97. The van der Waals surface area contributed by atoms with Crippen molar-refractivity contribution in [3.05, 3.63) is 75.3 Å². The van der Waals surface area contributed by atoms with Gasteiger partial charge in [0, 0.05) is 17.7 Å². The zero-order valence-corrected chi connectivity index (χ0v) is 11.1. The van der Waals surface area contributed by atoms with Crippen molar-refractivity contribution in [1.82, 2.24) is 0 Å². The van der Waals surface area contributed by atoms with Crippen LogP contribution in [0.4, 0.5) is 5.69 Å². The average Bonchev–Trinajstić information content (AvgIpc) is 2.46. The smallest absolute Gasteiger partial charge is 0.269 e. The Morgan fingerprint density at radius 3 is 2.30 bits per heavy atom. The molecule has 2 aromatic carbocycles. The molecule has 0 amide bonds. The van der Waals surface area contributed by atoms with Crippen LogP contribution in [0, 0.1) is 17.0 Å². The number of hydrogen-bond acceptors (Lipinski definition) is 3. The number of aliphatic imine (C=N–C) groups is 1. The van der Waals surface area contributed by atoms with Crippen LogP contribution in [0.5, 0.6) is 0 Å². The number of nitrogens with zero attached hydrogens (tertiary/aromatic N) is 2. The predicted octanol–water partition coefficient (Wildman–Crippen LogP) is 2.81. The third-order valence-corrected chi connectivity index (χ3v) is 2.93. The number of nitro benzene ring substituents is 1. The largest absolute Gasteiger partial charge is 0.383 e. The fourth-order valence-corrected chi connectivity index (χ4v) is 1.72. The minimum atomic E-state index is -0.441. The topological polar surface area (TPSA) is 81.5 Å². The van der Waals surface area contributed by atoms with Gasteiger partial charge in [0.05, 0.1) is 11.5 Å². The molecule has 20 heavy (non-hydrogen) atoms. The first-order valence-corrected chi connectivity index (χ1v) is 6.16. The fourth-order valence-electron chi connectivity index (χ4n) is 1.72. The zero-order valence-electron chi connectivity index (χ0n) is 11.1. The summed E-state index contributed by atoms with van der Waals surface area (Å²) in [5.74, 6) is 0.375. The standard InChI is InChI=1S/C15H15N3O2/c1-11-2-4-12(5-3-11)10-17-15(16)13-6-8-14(9-7-13)18(19)20/h2-9H,10H2,1H3,(H2,16,17). The van der Waals surface area contributed by atoms with Crippen molar-refractivity contribution in [2.45, 2.75) is 13.5 Å². The van der Waals surface area contributed by atoms with E-state index in [4.69, 9.17) is 5.73 Å². The van der Waals surface area contributed by atoms with E-state index in [0.717, 1.165) is 5.56 Å². The summed E-state index contributed by atoms with van der Waals surface area (Å²) in [6.45, 7) is 2.52. The van der Waals surface area contributed by atoms with Gasteiger partial charge < -0.3 is 5.73 Å². The summed E-state index contributed by atoms with van der Waals surface area (Å²) in [7, 11) is 0. The second-order valence-corrected chi connectivity index (χ2v) is 4.49. The highest BCUT2D eigenvalue weighted by molar-refractivity contribution is 5.97. The van der Waals surface area contributed by atoms with Gasteiger partial charge in [-0.3, -0.25) is 15.1 Å². The highest BCUT2D eigenvalue weighted by Gasteiger charge is 2.05. The molecule has 0 spiro atoms. The van der Waals surface area contributed by atoms with E-state index < -0.39 is 4.92 Å². The summed E-state index contributed by atoms with van der Waals surface area (Å²) in [6, 6.07) is 14.1. The number of rotatable bonds is 4. The Morgan fingerprint density at radius 2 is 1.75 bits per heavy atom. The molecule has 0 fully saturated rings. The van der Waals surface area contributed by atoms with Gasteiger partial charge in [0.1, 0.15) is 5.84 Å². The van der Waals surface area contributed by atoms with Gasteiger partial charge in [0.2, 0.25) is 0 Å². The van der Waals surface area contributed by atoms with Gasteiger partial charge in [0.25, 0.3) is 5.69 Å². The summed E-state index contributed by atoms with van der Waals surface area (Å²) in [5, 5.41) is 10.6. The molecule has 2 aromatic rings. The van der Waals surface area contributed by atoms with E-state index in [1.807, 2.05) is 31.2 Å². The normalized spacial score (nSPS) is 11.3. The fraction of sp³-hybridized carbons (Fsp3) is 0.133. The van der Waals surface area contributed by atoms with Gasteiger partial charge in [-0.1, -0.05) is 29.8 Å². The molecule has 0 radical (unpaired) electrons. The van der Waals surface area contributed by atoms with Crippen molar-refractivity contribution in [2.75, 3.05) is 0 Å². The van der Waals surface area contributed by atoms with E-state index in [1.165, 1.54) is 17.7 Å². The molecule has 0 saturated carbocycles. The lowest BCUT2D eigenvalue weighted by atomic mass is 10.1. The molecule has 2 N–H and O–H groups in total. The predicted molar refractivity (Wildman–Crippen MR) is 78.7 cm³/mol. The first-order valence-electron chi connectivity index (χ1n) is 6.16. The van der Waals surface area contributed by atoms with Gasteiger partial charge in [-0.15, -0.1) is 0 Å². The number of aryl methyl sites for hydroxylation is 1. The van der Waals surface area contributed by atoms with Gasteiger partial charge >= 0.3 is 0 Å². The summed E-state index contributed by atoms with van der Waals surface area (Å²) in [5.41, 5.74) is 8.87. The van der Waals surface area contributed by atoms with Crippen molar-refractivity contribution >= 4 is 11.5 Å². The zero-order chi connectivity index (χ0) is 14.5. The lowest BCUT2D eigenvalue weighted by Gasteiger charge is -2.02. The number of amidine groups is 1. The Hall–Kier alpha value is -2.69. The number of hydrogen-bond donors (Lipinski definition) is 1. The van der Waals surface area contributed by atoms with Crippen molar-refractivity contribution in [3.8, 4) is 0 Å². The quantitative estimate of drug-likeness (QED) is 0.401. The molecule has 0 aliphatic heterocycles. The lowest BCUT2D eigenvalue weighted by molar-refractivity contribution is -0.384. The minimum absolute atomic E-state index is 0.0417. The van der Waals surface area contributed by atoms with Crippen LogP contribution in [0.3, 0.4) is 0 Å². The number of non-ortho nitro benzene ring substituents is 1. The van der Waals surface area contributed by atoms with Crippen LogP contribution in [-0.2, 0) is 6.54 Å². The summed E-state index contributed by atoms with van der Waals surface area (Å²) in [6.07, 6.45) is 0. The van der Waals surface area contributed by atoms with Crippen LogP contribution in [0.1, 0.15) is 16.7 Å². The number of nitro groups is 1. The molecule has 102 valence electrons. The van der Waals surface area contributed by atoms with Crippen molar-refractivity contribution in [3.63, 3.8) is 0 Å². The lowest BCUT2D eigenvalue weighted by Crippen LogP contribution is -2.13. The molecular weight excluding hydrogens is 254 g/mol. The van der Waals surface area contributed by atoms with Crippen LogP contribution >= 0.6 is 0 Å². The highest BCUT2D eigenvalue weighted by atomic mass is 16.6. The second-order valence-electron chi connectivity index (χ2n) is 4.49. The third-order valence-electron chi connectivity index (χ3n) is 2.93. The van der Waals surface area contributed by atoms with Crippen LogP contribution in [0.2, 0.25) is 0 Å². The van der Waals surface area contributed by atoms with E-state index in [0.29, 0.717) is 17.9 Å². The third kappa shape index (κ3) is 3.41. The van der Waals surface area contributed by atoms with E-state index in [-0.39, 0.29) is 5.69 Å². The molecule has 0 unspecified atom stereocenters. The van der Waals surface area contributed by atoms with Gasteiger partial charge in [0.15, 0.2) is 0 Å². The Morgan fingerprint density at radius 1 is 1.15 bits per heavy atom. The van der Waals surface area contributed by atoms with E-state index in [1.54, 1.807) is 12.1 Å². The molecule has 5 heteroatoms. The maximum Gasteiger partial charge on any atom is 0.269 e. The van der Waals surface area contributed by atoms with Crippen molar-refractivity contribution in [1.29, 1.82) is 0 Å². The molecule has 2 rings (SSSR count). The van der Waals surface area contributed by atoms with Gasteiger partial charge in [-0.2, -0.15) is 0 Å². The van der Waals surface area contributed by atoms with Crippen LogP contribution in [-0.4, -0.2) is 10.8 Å². The molecule has 0 atom stereocenters. The Bertz CT molecular complexity index is 631. The first kappa shape index (κ1) is 13.7. The summed E-state index contributed by atoms with van der Waals surface area (Å²) < 4.78 is 0. The SMILES string of the molecule is Cc1ccc(CN=C(N)c2ccc([N+](=O)[O-])cc2)cc1. The van der Waals surface area contributed by atoms with Crippen LogP contribution in [0.15, 0.2) is 53.5 Å². The maximum absolute atomic E-state index is 10.6. The first-order chi connectivity index (χ1) is 9.56. The van der Waals surface area contributed by atoms with E-state index >= 15 is 0 Å². The van der Waals surface area contributed by atoms with Gasteiger partial charge in [-0.25, -0.2) is 0 Å². The summed E-state index contributed by atoms with van der Waals surface area (Å²) >= 11 is 0. The van der Waals surface area contributed by atoms with Crippen molar-refractivity contribution in [2.24, 2.45) is 10.7 Å². The molecule has 5 nitrogen and oxygen atoms in total. The monoisotopic (exact) mass is 269 g/mol. The average molecular weight is 269 g/mol. The molecule has 0 aromatic heterocycles. The van der Waals surface area contributed by atoms with E-state index in [2.05, 4.69) is 4.99 Å². The van der Waals surface area contributed by atoms with Crippen LogP contribution < -0.4 is 5.73 Å². The molecule has 0 heterocycles. The minimum Gasteiger partial charge on any atom is -0.383 e. The van der Waals surface area contributed by atoms with Crippen molar-refractivity contribution < 1.29 is 4.92 Å². The Kier molecular flexibility index (Phi) is 4.10. The highest BCUT2D eigenvalue weighted by Crippen LogP contribution is 2.12. The number of benzene rings is 2. The Balaban J connectivity index is 2.09. The van der Waals surface area contributed by atoms with E-state index in [9.17, 15) is 10.1 Å². The maximum atomic E-state index is 10.6. The summed E-state index contributed by atoms with van der Waals surface area (Å²) in [4.78, 5) is 14.4. The Labute approximate surface area is 116 Å². The molecule has 0 bridgehead atoms. The van der Waals surface area contributed by atoms with Gasteiger partial charge in [-0.05, 0) is 24.6 Å². The molecule has 0 saturated heterocycles. The number of nitrogens with two attached hydrogens (primary N) is 1. The molecular formula is C15H15N3O2. The molecule has 0 aliphatic carbocycles. The molecule has 0 aliphatic rings. The van der Waals surface area contributed by atoms with Crippen LogP contribution in [0.25, 0.3) is 0 Å².